The van der Waals surface area contributed by atoms with Crippen molar-refractivity contribution in [2.75, 3.05) is 19.6 Å². The van der Waals surface area contributed by atoms with E-state index in [9.17, 15) is 9.59 Å². The lowest BCUT2D eigenvalue weighted by atomic mass is 10.4. The van der Waals surface area contributed by atoms with Crippen LogP contribution in [0.2, 0.25) is 0 Å². The fraction of sp³-hybridized carbons (Fsp3) is 0.667. The van der Waals surface area contributed by atoms with Crippen LogP contribution in [0.4, 0.5) is 0 Å². The molecule has 0 bridgehead atoms. The van der Waals surface area contributed by atoms with Gasteiger partial charge in [-0.25, -0.2) is 0 Å². The number of hydrogen-bond donors (Lipinski definition) is 0. The average Bonchev–Trinajstić information content (AvgIpc) is 2.17. The minimum absolute atomic E-state index is 0.247. The van der Waals surface area contributed by atoms with Crippen molar-refractivity contribution in [3.8, 4) is 0 Å². The third-order valence-electron chi connectivity index (χ3n) is 1.44. The Morgan fingerprint density at radius 1 is 1.67 bits per heavy atom. The summed E-state index contributed by atoms with van der Waals surface area (Å²) >= 11 is 0. The maximum absolute atomic E-state index is 10.6. The molecular formula is C6H9NO2. The van der Waals surface area contributed by atoms with Crippen LogP contribution < -0.4 is 0 Å². The van der Waals surface area contributed by atoms with E-state index in [1.54, 1.807) is 0 Å². The van der Waals surface area contributed by atoms with Crippen LogP contribution in [-0.4, -0.2) is 36.6 Å². The summed E-state index contributed by atoms with van der Waals surface area (Å²) in [4.78, 5) is 22.3. The van der Waals surface area contributed by atoms with Crippen molar-refractivity contribution in [3.63, 3.8) is 0 Å². The van der Waals surface area contributed by atoms with Gasteiger partial charge in [-0.3, -0.25) is 9.69 Å². The Morgan fingerprint density at radius 2 is 2.44 bits per heavy atom. The van der Waals surface area contributed by atoms with Gasteiger partial charge in [0.25, 0.3) is 0 Å². The lowest BCUT2D eigenvalue weighted by Gasteiger charge is -2.06. The van der Waals surface area contributed by atoms with E-state index < -0.39 is 0 Å². The molecule has 1 saturated heterocycles. The minimum Gasteiger partial charge on any atom is -0.302 e. The largest absolute Gasteiger partial charge is 0.302 e. The lowest BCUT2D eigenvalue weighted by Crippen LogP contribution is -2.22. The Labute approximate surface area is 53.6 Å². The molecule has 0 N–H and O–H groups in total. The van der Waals surface area contributed by atoms with Crippen molar-refractivity contribution in [3.05, 3.63) is 0 Å². The fourth-order valence-corrected chi connectivity index (χ4v) is 0.952. The Hall–Kier alpha value is -0.700. The molecule has 0 aliphatic carbocycles. The number of Topliss-reactive ketones (excluding diaryl/α,β-unsaturated/α-hetero) is 1. The highest BCUT2D eigenvalue weighted by Crippen LogP contribution is 2.01. The molecule has 0 spiro atoms. The van der Waals surface area contributed by atoms with Gasteiger partial charge in [0, 0.05) is 13.0 Å². The van der Waals surface area contributed by atoms with Gasteiger partial charge in [0.05, 0.1) is 13.1 Å². The number of carbonyl (C=O) groups excluding carboxylic acids is 2. The van der Waals surface area contributed by atoms with Crippen molar-refractivity contribution < 1.29 is 9.59 Å². The summed E-state index contributed by atoms with van der Waals surface area (Å²) in [6.07, 6.45) is 1.45. The van der Waals surface area contributed by atoms with Crippen molar-refractivity contribution in [1.29, 1.82) is 0 Å². The highest BCUT2D eigenvalue weighted by atomic mass is 16.1. The van der Waals surface area contributed by atoms with Gasteiger partial charge < -0.3 is 4.79 Å². The maximum atomic E-state index is 10.6. The predicted molar refractivity (Wildman–Crippen MR) is 32.1 cm³/mol. The van der Waals surface area contributed by atoms with E-state index >= 15 is 0 Å². The van der Waals surface area contributed by atoms with Crippen molar-refractivity contribution in [2.24, 2.45) is 0 Å². The van der Waals surface area contributed by atoms with E-state index in [0.717, 1.165) is 12.8 Å². The normalized spacial score (nSPS) is 20.7. The van der Waals surface area contributed by atoms with E-state index in [0.29, 0.717) is 19.5 Å². The van der Waals surface area contributed by atoms with Crippen molar-refractivity contribution in [2.45, 2.75) is 6.42 Å². The first-order valence-electron chi connectivity index (χ1n) is 3.00. The molecule has 1 aliphatic rings. The van der Waals surface area contributed by atoms with Gasteiger partial charge in [-0.05, 0) is 0 Å². The summed E-state index contributed by atoms with van der Waals surface area (Å²) in [5.74, 6) is 0.247. The Morgan fingerprint density at radius 3 is 2.89 bits per heavy atom. The van der Waals surface area contributed by atoms with Gasteiger partial charge >= 0.3 is 0 Å². The van der Waals surface area contributed by atoms with Crippen molar-refractivity contribution in [1.82, 2.24) is 4.90 Å². The Bertz CT molecular complexity index is 133. The van der Waals surface area contributed by atoms with Gasteiger partial charge in [-0.2, -0.15) is 0 Å². The van der Waals surface area contributed by atoms with Crippen LogP contribution in [0.5, 0.6) is 0 Å². The molecule has 9 heavy (non-hydrogen) atoms. The molecule has 1 rings (SSSR count). The molecule has 0 aromatic rings. The van der Waals surface area contributed by atoms with E-state index in [1.807, 2.05) is 4.90 Å². The first kappa shape index (κ1) is 6.42. The first-order chi connectivity index (χ1) is 4.33. The maximum Gasteiger partial charge on any atom is 0.148 e. The van der Waals surface area contributed by atoms with E-state index in [1.165, 1.54) is 0 Å². The SMILES string of the molecule is O=CCN1CCC(=O)C1. The minimum atomic E-state index is 0.247. The van der Waals surface area contributed by atoms with Gasteiger partial charge in [-0.1, -0.05) is 0 Å². The number of ketones is 1. The van der Waals surface area contributed by atoms with E-state index in [-0.39, 0.29) is 5.78 Å². The quantitative estimate of drug-likeness (QED) is 0.467. The third-order valence-corrected chi connectivity index (χ3v) is 1.44. The number of rotatable bonds is 2. The molecule has 3 nitrogen and oxygen atoms in total. The molecule has 1 heterocycles. The lowest BCUT2D eigenvalue weighted by molar-refractivity contribution is -0.117. The van der Waals surface area contributed by atoms with Gasteiger partial charge in [0.1, 0.15) is 12.1 Å². The molecule has 0 atom stereocenters. The van der Waals surface area contributed by atoms with Crippen LogP contribution in [0, 0.1) is 0 Å². The van der Waals surface area contributed by atoms with Crippen LogP contribution in [-0.2, 0) is 9.59 Å². The first-order valence-corrected chi connectivity index (χ1v) is 3.00. The second kappa shape index (κ2) is 2.73. The molecular weight excluding hydrogens is 118 g/mol. The highest BCUT2D eigenvalue weighted by molar-refractivity contribution is 5.82. The Kier molecular flexibility index (Phi) is 1.95. The molecule has 3 heteroatoms. The van der Waals surface area contributed by atoms with Crippen LogP contribution >= 0.6 is 0 Å². The third kappa shape index (κ3) is 1.61. The molecule has 0 radical (unpaired) electrons. The van der Waals surface area contributed by atoms with Gasteiger partial charge in [-0.15, -0.1) is 0 Å². The fourth-order valence-electron chi connectivity index (χ4n) is 0.952. The summed E-state index contributed by atoms with van der Waals surface area (Å²) in [6.45, 7) is 1.64. The van der Waals surface area contributed by atoms with Crippen LogP contribution in [0.25, 0.3) is 0 Å². The highest BCUT2D eigenvalue weighted by Gasteiger charge is 2.17. The molecule has 1 fully saturated rings. The van der Waals surface area contributed by atoms with E-state index in [2.05, 4.69) is 0 Å². The second-order valence-corrected chi connectivity index (χ2v) is 2.19. The monoisotopic (exact) mass is 127 g/mol. The van der Waals surface area contributed by atoms with Crippen LogP contribution in [0.1, 0.15) is 6.42 Å². The van der Waals surface area contributed by atoms with E-state index in [4.69, 9.17) is 0 Å². The number of likely N-dealkylation sites (tertiary alicyclic amines) is 1. The molecule has 0 saturated carbocycles. The zero-order valence-corrected chi connectivity index (χ0v) is 5.17. The summed E-state index contributed by atoms with van der Waals surface area (Å²) in [5.41, 5.74) is 0. The average molecular weight is 127 g/mol. The summed E-state index contributed by atoms with van der Waals surface area (Å²) < 4.78 is 0. The van der Waals surface area contributed by atoms with Crippen LogP contribution in [0.3, 0.4) is 0 Å². The van der Waals surface area contributed by atoms with Gasteiger partial charge in [0.15, 0.2) is 0 Å². The van der Waals surface area contributed by atoms with Gasteiger partial charge in [0.2, 0.25) is 0 Å². The number of hydrogen-bond acceptors (Lipinski definition) is 3. The summed E-state index contributed by atoms with van der Waals surface area (Å²) in [6, 6.07) is 0. The number of carbonyl (C=O) groups is 2. The molecule has 0 amide bonds. The van der Waals surface area contributed by atoms with Crippen molar-refractivity contribution >= 4 is 12.1 Å². The zero-order valence-electron chi connectivity index (χ0n) is 5.17. The standard InChI is InChI=1S/C6H9NO2/c8-4-3-7-2-1-6(9)5-7/h4H,1-3,5H2. The molecule has 0 aromatic carbocycles. The predicted octanol–water partition coefficient (Wildman–Crippen LogP) is -0.540. The smallest absolute Gasteiger partial charge is 0.148 e. The summed E-state index contributed by atoms with van der Waals surface area (Å²) in [5, 5.41) is 0. The summed E-state index contributed by atoms with van der Waals surface area (Å²) in [7, 11) is 0. The topological polar surface area (TPSA) is 37.4 Å². The second-order valence-electron chi connectivity index (χ2n) is 2.19. The Balaban J connectivity index is 2.29. The number of aldehydes is 1. The molecule has 50 valence electrons. The molecule has 0 unspecified atom stereocenters. The molecule has 0 aromatic heterocycles. The zero-order chi connectivity index (χ0) is 6.69. The van der Waals surface area contributed by atoms with Crippen LogP contribution in [0.15, 0.2) is 0 Å². The molecule has 1 aliphatic heterocycles. The number of nitrogens with zero attached hydrogens (tertiary/aromatic N) is 1.